The van der Waals surface area contributed by atoms with Crippen molar-refractivity contribution >= 4 is 81.8 Å². The lowest BCUT2D eigenvalue weighted by Crippen LogP contribution is -2.64. The van der Waals surface area contributed by atoms with Crippen molar-refractivity contribution in [2.75, 3.05) is 77.6 Å². The van der Waals surface area contributed by atoms with E-state index < -0.39 is 177 Å². The summed E-state index contributed by atoms with van der Waals surface area (Å²) in [7, 11) is 1.70. The molecular weight excluding hydrogens is 1490 g/mol. The van der Waals surface area contributed by atoms with Gasteiger partial charge in [0.2, 0.25) is 40.4 Å². The summed E-state index contributed by atoms with van der Waals surface area (Å²) in [5, 5.41) is 112. The molecule has 6 heterocycles. The van der Waals surface area contributed by atoms with Crippen molar-refractivity contribution in [1.29, 1.82) is 0 Å². The average molecular weight is 1590 g/mol. The highest BCUT2D eigenvalue weighted by atomic mass is 32.2. The van der Waals surface area contributed by atoms with Gasteiger partial charge in [-0.15, -0.1) is 0 Å². The van der Waals surface area contributed by atoms with Gasteiger partial charge in [-0.05, 0) is 127 Å². The Morgan fingerprint density at radius 3 is 2.11 bits per heavy atom. The molecule has 0 aliphatic carbocycles. The Morgan fingerprint density at radius 1 is 0.802 bits per heavy atom. The van der Waals surface area contributed by atoms with Gasteiger partial charge in [0.15, 0.2) is 11.5 Å². The minimum Gasteiger partial charge on any atom is -0.504 e. The summed E-state index contributed by atoms with van der Waals surface area (Å²) in [6, 6.07) is 7.70. The summed E-state index contributed by atoms with van der Waals surface area (Å²) in [5.74, 6) is -9.75. The fourth-order valence-corrected chi connectivity index (χ4v) is 14.9. The van der Waals surface area contributed by atoms with E-state index in [1.165, 1.54) is 42.5 Å². The Kier molecular flexibility index (Phi) is 33.5. The molecule has 0 radical (unpaired) electrons. The monoisotopic (exact) mass is 1590 g/mol. The molecule has 4 aliphatic rings. The fraction of sp³-hybridized carbons (Fsp3) is 0.568. The van der Waals surface area contributed by atoms with Crippen molar-refractivity contribution in [3.63, 3.8) is 0 Å². The highest BCUT2D eigenvalue weighted by molar-refractivity contribution is 7.90. The number of aromatic hydroxyl groups is 1. The molecule has 8 amide bonds. The molecule has 9 rings (SSSR count). The lowest BCUT2D eigenvalue weighted by atomic mass is 9.98. The third-order valence-corrected chi connectivity index (χ3v) is 21.0. The van der Waals surface area contributed by atoms with Gasteiger partial charge < -0.3 is 101 Å². The Labute approximate surface area is 651 Å². The molecule has 0 spiro atoms. The molecule has 14 N–H and O–H groups in total. The number of β-amino-alcohol motifs (C(OH)–C–C–N with tert-alkyl or cyclic N) is 1. The van der Waals surface area contributed by atoms with Crippen LogP contribution in [0.2, 0.25) is 0 Å². The van der Waals surface area contributed by atoms with Gasteiger partial charge >= 0.3 is 6.09 Å². The molecule has 35 nitrogen and oxygen atoms in total. The maximum absolute atomic E-state index is 15.0. The topological polar surface area (TPSA) is 469 Å². The normalized spacial score (nSPS) is 23.5. The first kappa shape index (κ1) is 87.9. The van der Waals surface area contributed by atoms with E-state index in [1.807, 2.05) is 12.1 Å². The smallest absolute Gasteiger partial charge is 0.407 e. The highest BCUT2D eigenvalue weighted by Gasteiger charge is 2.50. The number of aliphatic hydroxyl groups excluding tert-OH is 6. The maximum Gasteiger partial charge on any atom is 0.407 e. The molecule has 5 aromatic rings. The van der Waals surface area contributed by atoms with E-state index in [4.69, 9.17) is 33.7 Å². The number of unbranched alkanes of at least 4 members (excludes halogenated alkanes) is 1. The van der Waals surface area contributed by atoms with Crippen LogP contribution in [-0.2, 0) is 58.8 Å². The molecule has 2 aromatic heterocycles. The third kappa shape index (κ3) is 24.2. The number of phenols is 1. The Balaban J connectivity index is 0.00000161. The number of alkyl carbamates (subject to hydrolysis) is 1. The summed E-state index contributed by atoms with van der Waals surface area (Å²) >= 11 is 1.45. The number of benzene rings is 3. The second-order valence-corrected chi connectivity index (χ2v) is 29.8. The summed E-state index contributed by atoms with van der Waals surface area (Å²) in [5.41, 5.74) is 3.23. The van der Waals surface area contributed by atoms with Gasteiger partial charge in [0.25, 0.3) is 18.2 Å². The van der Waals surface area contributed by atoms with E-state index >= 15 is 4.79 Å². The van der Waals surface area contributed by atoms with Crippen molar-refractivity contribution in [3.05, 3.63) is 96.7 Å². The standard InChI is InChI=1S/C66H86N12O22S2.C8H19N/c1-5-24-97-66(93)67-21-18-49(83)54-64(92)77-32-35(2)56(85)55(77)61(90)68-31-42(80)29-45(58(87)71-52(36(3)79)63(91)76-33-43(81)30-47(76)59(88)72-53(60(89)73-54)50(84)27-37-8-17-48(82)51(28-37)98-102-100-99-94)69-57(86)39-11-9-38(10-12-39)46-34-78-65(70-46)101-62(74-78)40-13-15-41(16-14-40)75-22-19-44(20-23-75)96-26-7-6-25-95-4;1-6-9(7(2)3)8(4)5/h5,8-17,28,34-36,42-45,47,49-50,52-56,79-85,94H,1,6-7,18-27,29-33H2,2-4H3,(H,67,93)(H,68,90)(H,69,86)(H,71,87)(H,72,88)(H,73,89);7-8H,6H2,1-5H3/t35-,36+,42+,43-,45+,47+,49-,50-,52+,53+,54+,55+,56+;/m1./s1. The molecule has 0 saturated carbocycles. The fourth-order valence-electron chi connectivity index (χ4n) is 13.8. The van der Waals surface area contributed by atoms with E-state index in [0.717, 1.165) is 104 Å². The van der Waals surface area contributed by atoms with Crippen molar-refractivity contribution in [2.24, 2.45) is 5.92 Å². The number of nitrogens with zero attached hydrogens (tertiary/aromatic N) is 7. The highest BCUT2D eigenvalue weighted by Crippen LogP contribution is 2.34. The van der Waals surface area contributed by atoms with E-state index in [-0.39, 0.29) is 48.5 Å². The number of rotatable bonds is 28. The second kappa shape index (κ2) is 42.3. The molecule has 4 fully saturated rings. The minimum absolute atomic E-state index is 0.00749. The number of fused-ring (bicyclic) bond motifs is 3. The molecule has 0 bridgehead atoms. The van der Waals surface area contributed by atoms with Gasteiger partial charge in [-0.1, -0.05) is 65.4 Å². The van der Waals surface area contributed by atoms with Crippen LogP contribution in [0.4, 0.5) is 10.5 Å². The number of aromatic nitrogens is 3. The SMILES string of the molecule is C=CCOC(=O)NCC[C@@H](O)[C@@H]1NC(=O)[C@H]([C@H](O)Cc2ccc(O)c(OSOOO)c2)NC(=O)[C@@H]2C[C@@H](O)CN2C(=O)[C@H]([C@H](C)O)NC(=O)[C@@H](NC(=O)c2ccc(-c3cn4nc(-c5ccc(N6CCC(OCCCCOC)CC6)cc5)sc4n3)cc2)C[C@H](O)CNC(=O)[C@@H]2[C@@H](O)[C@H](C)CN2C1=O.CCN(C(C)C)C(C)C. The minimum atomic E-state index is -2.18. The number of piperidine rings is 1. The number of hydrogen-bond acceptors (Lipinski definition) is 28. The summed E-state index contributed by atoms with van der Waals surface area (Å²) in [6.07, 6.45) is -6.82. The first-order valence-corrected chi connectivity index (χ1v) is 38.5. The molecule has 4 aliphatic heterocycles. The van der Waals surface area contributed by atoms with E-state index in [1.54, 1.807) is 30.0 Å². The van der Waals surface area contributed by atoms with Crippen molar-refractivity contribution in [2.45, 2.75) is 191 Å². The number of carbonyl (C=O) groups excluding carboxylic acids is 8. The quantitative estimate of drug-likeness (QED) is 0.0112. The first-order chi connectivity index (χ1) is 53.0. The number of phenolic OH excluding ortho intramolecular Hbond substituents is 1. The van der Waals surface area contributed by atoms with Gasteiger partial charge in [-0.2, -0.15) is 5.10 Å². The van der Waals surface area contributed by atoms with Gasteiger partial charge in [0, 0.05) is 119 Å². The predicted molar refractivity (Wildman–Crippen MR) is 407 cm³/mol. The summed E-state index contributed by atoms with van der Waals surface area (Å²) in [4.78, 5) is 127. The molecule has 0 unspecified atom stereocenters. The van der Waals surface area contributed by atoms with E-state index in [2.05, 4.69) is 104 Å². The van der Waals surface area contributed by atoms with Crippen molar-refractivity contribution < 1.29 is 107 Å². The third-order valence-electron chi connectivity index (χ3n) is 19.6. The number of carbonyl (C=O) groups is 8. The van der Waals surface area contributed by atoms with Gasteiger partial charge in [-0.25, -0.2) is 19.6 Å². The second-order valence-electron chi connectivity index (χ2n) is 28.4. The summed E-state index contributed by atoms with van der Waals surface area (Å²) < 4.78 is 27.2. The van der Waals surface area contributed by atoms with Crippen LogP contribution in [0, 0.1) is 5.92 Å². The number of imidazole rings is 1. The van der Waals surface area contributed by atoms with Crippen LogP contribution in [0.1, 0.15) is 109 Å². The number of hydrogen-bond donors (Lipinski definition) is 14. The molecule has 37 heteroatoms. The lowest BCUT2D eigenvalue weighted by molar-refractivity contribution is -0.433. The largest absolute Gasteiger partial charge is 0.504 e. The van der Waals surface area contributed by atoms with Crippen LogP contribution in [0.15, 0.2) is 85.6 Å². The van der Waals surface area contributed by atoms with Crippen molar-refractivity contribution in [1.82, 2.24) is 61.2 Å². The van der Waals surface area contributed by atoms with Gasteiger partial charge in [0.05, 0.1) is 54.6 Å². The van der Waals surface area contributed by atoms with Crippen molar-refractivity contribution in [3.8, 4) is 33.3 Å². The molecule has 3 aromatic carbocycles. The zero-order valence-corrected chi connectivity index (χ0v) is 65.1. The number of anilines is 1. The predicted octanol–water partition coefficient (Wildman–Crippen LogP) is 1.98. The Hall–Kier alpha value is -8.67. The van der Waals surface area contributed by atoms with E-state index in [9.17, 15) is 69.3 Å². The van der Waals surface area contributed by atoms with Gasteiger partial charge in [-0.3, -0.25) is 38.5 Å². The molecule has 610 valence electrons. The zero-order chi connectivity index (χ0) is 80.8. The Morgan fingerprint density at radius 2 is 1.47 bits per heavy atom. The number of nitrogens with one attached hydrogen (secondary N) is 6. The zero-order valence-electron chi connectivity index (χ0n) is 63.4. The first-order valence-electron chi connectivity index (χ1n) is 37.1. The lowest BCUT2D eigenvalue weighted by Gasteiger charge is -2.34. The maximum atomic E-state index is 15.0. The number of methoxy groups -OCH3 is 1. The van der Waals surface area contributed by atoms with Crippen LogP contribution >= 0.6 is 23.7 Å². The number of amides is 8. The van der Waals surface area contributed by atoms with Crippen LogP contribution in [0.25, 0.3) is 26.8 Å². The van der Waals surface area contributed by atoms with Crippen LogP contribution in [0.5, 0.6) is 11.5 Å². The van der Waals surface area contributed by atoms with Crippen LogP contribution in [0.3, 0.4) is 0 Å². The Bertz CT molecular complexity index is 3860. The molecule has 111 heavy (non-hydrogen) atoms. The van der Waals surface area contributed by atoms with Crippen LogP contribution in [-0.4, -0.2) is 282 Å². The summed E-state index contributed by atoms with van der Waals surface area (Å²) in [6.45, 7) is 19.3. The number of ether oxygens (including phenoxy) is 3. The molecule has 4 saturated heterocycles. The number of aliphatic hydroxyl groups is 6. The van der Waals surface area contributed by atoms with E-state index in [0.29, 0.717) is 28.3 Å². The molecular formula is C74H105N13O22S2. The van der Waals surface area contributed by atoms with Gasteiger partial charge in [0.1, 0.15) is 47.9 Å². The molecule has 13 atom stereocenters. The van der Waals surface area contributed by atoms with Crippen LogP contribution < -0.4 is 41.0 Å². The average Bonchev–Trinajstić information content (AvgIpc) is 1.66.